The van der Waals surface area contributed by atoms with Gasteiger partial charge in [0, 0.05) is 26.2 Å². The third kappa shape index (κ3) is 4.04. The molecule has 2 aliphatic rings. The van der Waals surface area contributed by atoms with E-state index in [1.54, 1.807) is 0 Å². The van der Waals surface area contributed by atoms with Gasteiger partial charge in [-0.25, -0.2) is 4.98 Å². The molecule has 23 heavy (non-hydrogen) atoms. The Morgan fingerprint density at radius 1 is 1.26 bits per heavy atom. The number of carbonyl (C=O) groups excluding carboxylic acids is 1. The van der Waals surface area contributed by atoms with Gasteiger partial charge < -0.3 is 9.80 Å². The average molecular weight is 317 g/mol. The fourth-order valence-electron chi connectivity index (χ4n) is 3.36. The number of pyridine rings is 1. The first-order valence-corrected chi connectivity index (χ1v) is 9.18. The molecule has 1 aliphatic heterocycles. The highest BCUT2D eigenvalue weighted by Crippen LogP contribution is 2.35. The van der Waals surface area contributed by atoms with Crippen molar-refractivity contribution in [2.24, 2.45) is 5.92 Å². The second kappa shape index (κ2) is 8.32. The maximum Gasteiger partial charge on any atom is 0.272 e. The van der Waals surface area contributed by atoms with E-state index in [4.69, 9.17) is 0 Å². The summed E-state index contributed by atoms with van der Waals surface area (Å²) in [5.74, 6) is 1.88. The lowest BCUT2D eigenvalue weighted by Crippen LogP contribution is -2.43. The van der Waals surface area contributed by atoms with Crippen LogP contribution in [0.15, 0.2) is 18.2 Å². The third-order valence-electron chi connectivity index (χ3n) is 5.04. The normalized spacial score (nSPS) is 22.9. The van der Waals surface area contributed by atoms with Crippen molar-refractivity contribution < 1.29 is 4.79 Å². The number of likely N-dealkylation sites (tertiary alicyclic amines) is 1. The number of aromatic nitrogens is 1. The molecule has 1 aromatic rings. The van der Waals surface area contributed by atoms with Gasteiger partial charge in [-0.2, -0.15) is 0 Å². The largest absolute Gasteiger partial charge is 0.357 e. The number of rotatable bonds is 4. The first-order valence-electron chi connectivity index (χ1n) is 9.18. The average Bonchev–Trinajstić information content (AvgIpc) is 3.09. The van der Waals surface area contributed by atoms with Crippen LogP contribution in [-0.4, -0.2) is 42.0 Å². The maximum absolute atomic E-state index is 12.4. The van der Waals surface area contributed by atoms with Crippen LogP contribution in [0.4, 0.5) is 5.82 Å². The topological polar surface area (TPSA) is 36.4 Å². The molecule has 2 heterocycles. The Kier molecular flexibility index (Phi) is 6.43. The molecule has 4 heteroatoms. The van der Waals surface area contributed by atoms with Crippen molar-refractivity contribution in [2.75, 3.05) is 25.0 Å². The van der Waals surface area contributed by atoms with E-state index in [2.05, 4.69) is 23.9 Å². The van der Waals surface area contributed by atoms with Crippen LogP contribution in [0.5, 0.6) is 0 Å². The zero-order valence-corrected chi connectivity index (χ0v) is 15.1. The summed E-state index contributed by atoms with van der Waals surface area (Å²) in [5.41, 5.74) is 0.590. The molecular formula is C19H31N3O. The first-order chi connectivity index (χ1) is 11.2. The van der Waals surface area contributed by atoms with Crippen LogP contribution in [-0.2, 0) is 0 Å². The smallest absolute Gasteiger partial charge is 0.272 e. The molecule has 0 N–H and O–H groups in total. The van der Waals surface area contributed by atoms with Crippen LogP contribution >= 0.6 is 0 Å². The van der Waals surface area contributed by atoms with Crippen molar-refractivity contribution in [2.45, 2.75) is 58.9 Å². The molecule has 2 fully saturated rings. The van der Waals surface area contributed by atoms with Crippen molar-refractivity contribution in [3.63, 3.8) is 0 Å². The number of anilines is 1. The number of carbonyl (C=O) groups is 1. The van der Waals surface area contributed by atoms with Gasteiger partial charge >= 0.3 is 0 Å². The van der Waals surface area contributed by atoms with E-state index in [0.29, 0.717) is 11.7 Å². The van der Waals surface area contributed by atoms with E-state index >= 15 is 0 Å². The highest BCUT2D eigenvalue weighted by molar-refractivity contribution is 5.92. The van der Waals surface area contributed by atoms with Crippen LogP contribution in [0.25, 0.3) is 0 Å². The Hall–Kier alpha value is -1.58. The summed E-state index contributed by atoms with van der Waals surface area (Å²) in [7, 11) is 2.10. The summed E-state index contributed by atoms with van der Waals surface area (Å²) in [6, 6.07) is 6.39. The highest BCUT2D eigenvalue weighted by atomic mass is 16.2. The summed E-state index contributed by atoms with van der Waals surface area (Å²) in [6.07, 6.45) is 6.00. The predicted octanol–water partition coefficient (Wildman–Crippen LogP) is 3.97. The van der Waals surface area contributed by atoms with E-state index in [0.717, 1.165) is 37.7 Å². The predicted molar refractivity (Wildman–Crippen MR) is 95.9 cm³/mol. The van der Waals surface area contributed by atoms with Crippen molar-refractivity contribution >= 4 is 11.7 Å². The minimum absolute atomic E-state index is 0.0859. The van der Waals surface area contributed by atoms with E-state index in [9.17, 15) is 4.79 Å². The number of hydrogen-bond donors (Lipinski definition) is 0. The van der Waals surface area contributed by atoms with E-state index in [1.807, 2.05) is 36.9 Å². The van der Waals surface area contributed by atoms with Crippen molar-refractivity contribution in [1.82, 2.24) is 9.88 Å². The molecule has 0 atom stereocenters. The quantitative estimate of drug-likeness (QED) is 0.843. The molecule has 0 spiro atoms. The molecule has 128 valence electrons. The van der Waals surface area contributed by atoms with Gasteiger partial charge in [-0.3, -0.25) is 4.79 Å². The highest BCUT2D eigenvalue weighted by Gasteiger charge is 2.31. The second-order valence-corrected chi connectivity index (χ2v) is 6.39. The zero-order chi connectivity index (χ0) is 16.8. The molecule has 0 unspecified atom stereocenters. The van der Waals surface area contributed by atoms with Gasteiger partial charge in [-0.1, -0.05) is 33.3 Å². The second-order valence-electron chi connectivity index (χ2n) is 6.39. The van der Waals surface area contributed by atoms with E-state index in [-0.39, 0.29) is 5.91 Å². The van der Waals surface area contributed by atoms with Crippen LogP contribution in [0.1, 0.15) is 63.4 Å². The number of amides is 1. The van der Waals surface area contributed by atoms with E-state index in [1.165, 1.54) is 19.3 Å². The van der Waals surface area contributed by atoms with Gasteiger partial charge in [0.25, 0.3) is 5.91 Å². The summed E-state index contributed by atoms with van der Waals surface area (Å²) in [4.78, 5) is 21.2. The Labute approximate surface area is 140 Å². The molecule has 0 radical (unpaired) electrons. The standard InChI is InChI=1S/C17H25N3O.C2H6/c1-3-13-11-14(12-13)19(2)16-8-6-7-15(18-16)17(21)20-9-4-5-10-20;1-2/h6-8,13-14H,3-5,9-12H2,1-2H3;1-2H3. The van der Waals surface area contributed by atoms with Crippen LogP contribution in [0.3, 0.4) is 0 Å². The van der Waals surface area contributed by atoms with Gasteiger partial charge in [0.05, 0.1) is 0 Å². The Balaban J connectivity index is 0.000000924. The maximum atomic E-state index is 12.4. The SMILES string of the molecule is CC.CCC1CC(N(C)c2cccc(C(=O)N3CCCC3)n2)C1. The minimum Gasteiger partial charge on any atom is -0.357 e. The number of hydrogen-bond acceptors (Lipinski definition) is 3. The zero-order valence-electron chi connectivity index (χ0n) is 15.1. The Bertz CT molecular complexity index is 505. The lowest BCUT2D eigenvalue weighted by atomic mass is 9.78. The van der Waals surface area contributed by atoms with Crippen LogP contribution in [0, 0.1) is 5.92 Å². The van der Waals surface area contributed by atoms with Gasteiger partial charge in [0.1, 0.15) is 11.5 Å². The van der Waals surface area contributed by atoms with Crippen molar-refractivity contribution in [3.8, 4) is 0 Å². The fourth-order valence-corrected chi connectivity index (χ4v) is 3.36. The van der Waals surface area contributed by atoms with E-state index < -0.39 is 0 Å². The molecule has 1 aliphatic carbocycles. The van der Waals surface area contributed by atoms with Crippen LogP contribution < -0.4 is 4.90 Å². The summed E-state index contributed by atoms with van der Waals surface area (Å²) in [5, 5.41) is 0. The van der Waals surface area contributed by atoms with Gasteiger partial charge in [0.2, 0.25) is 0 Å². The Morgan fingerprint density at radius 3 is 2.52 bits per heavy atom. The van der Waals surface area contributed by atoms with Gasteiger partial charge in [0.15, 0.2) is 0 Å². The summed E-state index contributed by atoms with van der Waals surface area (Å²) in [6.45, 7) is 8.01. The summed E-state index contributed by atoms with van der Waals surface area (Å²) >= 11 is 0. The lowest BCUT2D eigenvalue weighted by molar-refractivity contribution is 0.0787. The lowest BCUT2D eigenvalue weighted by Gasteiger charge is -2.41. The third-order valence-corrected chi connectivity index (χ3v) is 5.04. The molecule has 1 saturated heterocycles. The first kappa shape index (κ1) is 17.8. The molecule has 1 amide bonds. The molecule has 3 rings (SSSR count). The molecule has 1 aromatic heterocycles. The molecule has 1 saturated carbocycles. The molecule has 0 bridgehead atoms. The van der Waals surface area contributed by atoms with Gasteiger partial charge in [-0.15, -0.1) is 0 Å². The molecule has 0 aromatic carbocycles. The fraction of sp³-hybridized carbons (Fsp3) is 0.684. The minimum atomic E-state index is 0.0859. The summed E-state index contributed by atoms with van der Waals surface area (Å²) < 4.78 is 0. The monoisotopic (exact) mass is 317 g/mol. The number of nitrogens with zero attached hydrogens (tertiary/aromatic N) is 3. The van der Waals surface area contributed by atoms with Crippen molar-refractivity contribution in [1.29, 1.82) is 0 Å². The van der Waals surface area contributed by atoms with Crippen LogP contribution in [0.2, 0.25) is 0 Å². The van der Waals surface area contributed by atoms with Gasteiger partial charge in [-0.05, 0) is 43.7 Å². The molecule has 4 nitrogen and oxygen atoms in total. The van der Waals surface area contributed by atoms with Crippen molar-refractivity contribution in [3.05, 3.63) is 23.9 Å². The molecular weight excluding hydrogens is 286 g/mol. The Morgan fingerprint density at radius 2 is 1.91 bits per heavy atom.